The van der Waals surface area contributed by atoms with Crippen LogP contribution in [0, 0.1) is 5.41 Å². The fourth-order valence-corrected chi connectivity index (χ4v) is 1.86. The van der Waals surface area contributed by atoms with Crippen molar-refractivity contribution in [3.8, 4) is 0 Å². The zero-order valence-corrected chi connectivity index (χ0v) is 8.16. The monoisotopic (exact) mass is 178 g/mol. The molecular weight excluding hydrogens is 164 g/mol. The molecule has 0 aromatic carbocycles. The van der Waals surface area contributed by atoms with Crippen molar-refractivity contribution in [3.05, 3.63) is 18.3 Å². The summed E-state index contributed by atoms with van der Waals surface area (Å²) in [4.78, 5) is 11.6. The maximum atomic E-state index is 11.6. The van der Waals surface area contributed by atoms with Gasteiger partial charge in [-0.3, -0.25) is 4.79 Å². The molecule has 0 saturated carbocycles. The Bertz CT molecular complexity index is 346. The van der Waals surface area contributed by atoms with Crippen LogP contribution in [0.2, 0.25) is 0 Å². The van der Waals surface area contributed by atoms with Gasteiger partial charge in [-0.1, -0.05) is 20.8 Å². The molecule has 0 radical (unpaired) electrons. The van der Waals surface area contributed by atoms with Crippen LogP contribution in [-0.2, 0) is 4.79 Å². The quantitative estimate of drug-likeness (QED) is 0.648. The second-order valence-electron chi connectivity index (χ2n) is 4.56. The van der Waals surface area contributed by atoms with Crippen molar-refractivity contribution in [2.75, 3.05) is 5.32 Å². The van der Waals surface area contributed by atoms with Gasteiger partial charge >= 0.3 is 0 Å². The van der Waals surface area contributed by atoms with Gasteiger partial charge in [0.05, 0.1) is 0 Å². The minimum atomic E-state index is -0.0718. The summed E-state index contributed by atoms with van der Waals surface area (Å²) < 4.78 is 2.00. The number of nitrogens with one attached hydrogen (secondary N) is 1. The summed E-state index contributed by atoms with van der Waals surface area (Å²) in [6.07, 6.45) is 1.95. The van der Waals surface area contributed by atoms with Gasteiger partial charge in [0, 0.05) is 6.20 Å². The zero-order chi connectivity index (χ0) is 9.64. The molecule has 0 saturated heterocycles. The zero-order valence-electron chi connectivity index (χ0n) is 8.16. The normalized spacial score (nSPS) is 21.5. The van der Waals surface area contributed by atoms with E-state index in [-0.39, 0.29) is 17.4 Å². The molecule has 2 heterocycles. The topological polar surface area (TPSA) is 34.0 Å². The summed E-state index contributed by atoms with van der Waals surface area (Å²) in [5.41, 5.74) is -0.0334. The van der Waals surface area contributed by atoms with Gasteiger partial charge in [0.1, 0.15) is 11.9 Å². The molecule has 0 fully saturated rings. The molecule has 0 aliphatic carbocycles. The highest BCUT2D eigenvalue weighted by Crippen LogP contribution is 2.37. The minimum Gasteiger partial charge on any atom is -0.321 e. The Morgan fingerprint density at radius 3 is 2.77 bits per heavy atom. The first-order valence-electron chi connectivity index (χ1n) is 4.48. The van der Waals surface area contributed by atoms with E-state index >= 15 is 0 Å². The van der Waals surface area contributed by atoms with Crippen LogP contribution in [0.3, 0.4) is 0 Å². The van der Waals surface area contributed by atoms with Crippen molar-refractivity contribution in [1.29, 1.82) is 0 Å². The molecule has 1 unspecified atom stereocenters. The highest BCUT2D eigenvalue weighted by atomic mass is 16.2. The molecule has 3 heteroatoms. The number of hydrogen-bond donors (Lipinski definition) is 1. The largest absolute Gasteiger partial charge is 0.321 e. The van der Waals surface area contributed by atoms with Crippen molar-refractivity contribution >= 4 is 11.7 Å². The molecule has 1 aromatic rings. The van der Waals surface area contributed by atoms with Gasteiger partial charge in [0.15, 0.2) is 0 Å². The Morgan fingerprint density at radius 1 is 1.46 bits per heavy atom. The van der Waals surface area contributed by atoms with Crippen LogP contribution in [0.25, 0.3) is 0 Å². The summed E-state index contributed by atoms with van der Waals surface area (Å²) >= 11 is 0. The number of fused-ring (bicyclic) bond motifs is 1. The molecule has 3 nitrogen and oxygen atoms in total. The molecule has 1 atom stereocenters. The van der Waals surface area contributed by atoms with Crippen LogP contribution >= 0.6 is 0 Å². The Hall–Kier alpha value is -1.25. The predicted molar refractivity (Wildman–Crippen MR) is 51.6 cm³/mol. The van der Waals surface area contributed by atoms with E-state index in [1.807, 2.05) is 22.9 Å². The average Bonchev–Trinajstić information content (AvgIpc) is 2.41. The van der Waals surface area contributed by atoms with Crippen LogP contribution in [-0.4, -0.2) is 10.5 Å². The number of hydrogen-bond acceptors (Lipinski definition) is 1. The Labute approximate surface area is 77.7 Å². The van der Waals surface area contributed by atoms with E-state index in [9.17, 15) is 4.79 Å². The summed E-state index contributed by atoms with van der Waals surface area (Å²) in [5.74, 6) is 1.01. The summed E-state index contributed by atoms with van der Waals surface area (Å²) in [5, 5.41) is 2.86. The Balaban J connectivity index is 2.46. The van der Waals surface area contributed by atoms with Crippen LogP contribution < -0.4 is 5.32 Å². The van der Waals surface area contributed by atoms with E-state index in [2.05, 4.69) is 26.1 Å². The lowest BCUT2D eigenvalue weighted by Gasteiger charge is -2.25. The van der Waals surface area contributed by atoms with E-state index in [4.69, 9.17) is 0 Å². The van der Waals surface area contributed by atoms with Crippen LogP contribution in [0.5, 0.6) is 0 Å². The van der Waals surface area contributed by atoms with E-state index < -0.39 is 0 Å². The third-order valence-corrected chi connectivity index (χ3v) is 2.38. The third kappa shape index (κ3) is 1.15. The second-order valence-corrected chi connectivity index (χ2v) is 4.56. The molecule has 0 spiro atoms. The van der Waals surface area contributed by atoms with Crippen LogP contribution in [0.1, 0.15) is 26.8 Å². The summed E-state index contributed by atoms with van der Waals surface area (Å²) in [6, 6.07) is 3.80. The van der Waals surface area contributed by atoms with Crippen molar-refractivity contribution in [1.82, 2.24) is 4.57 Å². The standard InChI is InChI=1S/C10H14N2O/c1-10(2,3)8-9(13)11-7-5-4-6-12(7)8/h4-6,8H,1-3H3,(H,11,13). The molecule has 13 heavy (non-hydrogen) atoms. The maximum absolute atomic E-state index is 11.6. The molecule has 1 aliphatic heterocycles. The van der Waals surface area contributed by atoms with Crippen LogP contribution in [0.15, 0.2) is 18.3 Å². The SMILES string of the molecule is CC(C)(C)C1C(=O)Nc2cccn21. The molecule has 1 N–H and O–H groups in total. The van der Waals surface area contributed by atoms with Crippen molar-refractivity contribution < 1.29 is 4.79 Å². The van der Waals surface area contributed by atoms with E-state index in [1.54, 1.807) is 0 Å². The van der Waals surface area contributed by atoms with Crippen molar-refractivity contribution in [3.63, 3.8) is 0 Å². The van der Waals surface area contributed by atoms with Gasteiger partial charge in [-0.05, 0) is 17.5 Å². The second kappa shape index (κ2) is 2.37. The number of aromatic nitrogens is 1. The van der Waals surface area contributed by atoms with Gasteiger partial charge < -0.3 is 9.88 Å². The van der Waals surface area contributed by atoms with Crippen LogP contribution in [0.4, 0.5) is 5.82 Å². The molecule has 70 valence electrons. The van der Waals surface area contributed by atoms with Gasteiger partial charge in [-0.2, -0.15) is 0 Å². The summed E-state index contributed by atoms with van der Waals surface area (Å²) in [6.45, 7) is 6.23. The minimum absolute atomic E-state index is 0.0334. The van der Waals surface area contributed by atoms with Crippen molar-refractivity contribution in [2.24, 2.45) is 5.41 Å². The van der Waals surface area contributed by atoms with Gasteiger partial charge in [0.25, 0.3) is 0 Å². The molecule has 1 aromatic heterocycles. The first-order chi connectivity index (χ1) is 6.00. The highest BCUT2D eigenvalue weighted by Gasteiger charge is 2.38. The lowest BCUT2D eigenvalue weighted by atomic mass is 9.86. The first kappa shape index (κ1) is 8.35. The van der Waals surface area contributed by atoms with E-state index in [0.29, 0.717) is 0 Å². The van der Waals surface area contributed by atoms with E-state index in [1.165, 1.54) is 0 Å². The molecular formula is C10H14N2O. The molecule has 0 bridgehead atoms. The smallest absolute Gasteiger partial charge is 0.249 e. The number of rotatable bonds is 0. The predicted octanol–water partition coefficient (Wildman–Crippen LogP) is 2.03. The van der Waals surface area contributed by atoms with E-state index in [0.717, 1.165) is 5.82 Å². The molecule has 1 amide bonds. The first-order valence-corrected chi connectivity index (χ1v) is 4.48. The number of anilines is 1. The average molecular weight is 178 g/mol. The third-order valence-electron chi connectivity index (χ3n) is 2.38. The van der Waals surface area contributed by atoms with Gasteiger partial charge in [-0.15, -0.1) is 0 Å². The Morgan fingerprint density at radius 2 is 2.15 bits per heavy atom. The maximum Gasteiger partial charge on any atom is 0.249 e. The number of amides is 1. The number of carbonyl (C=O) groups is 1. The molecule has 1 aliphatic rings. The lowest BCUT2D eigenvalue weighted by Crippen LogP contribution is -2.28. The van der Waals surface area contributed by atoms with Crippen molar-refractivity contribution in [2.45, 2.75) is 26.8 Å². The highest BCUT2D eigenvalue weighted by molar-refractivity contribution is 5.97. The molecule has 2 rings (SSSR count). The fraction of sp³-hybridized carbons (Fsp3) is 0.500. The number of nitrogens with zero attached hydrogens (tertiary/aromatic N) is 1. The summed E-state index contributed by atoms with van der Waals surface area (Å²) in [7, 11) is 0. The Kier molecular flexibility index (Phi) is 1.53. The lowest BCUT2D eigenvalue weighted by molar-refractivity contribution is -0.120. The van der Waals surface area contributed by atoms with Gasteiger partial charge in [0.2, 0.25) is 5.91 Å². The van der Waals surface area contributed by atoms with Gasteiger partial charge in [-0.25, -0.2) is 0 Å². The fourth-order valence-electron chi connectivity index (χ4n) is 1.86. The number of carbonyl (C=O) groups excluding carboxylic acids is 1.